The second kappa shape index (κ2) is 10.6. The van der Waals surface area contributed by atoms with Crippen LogP contribution in [-0.2, 0) is 19.6 Å². The molecule has 0 radical (unpaired) electrons. The van der Waals surface area contributed by atoms with Gasteiger partial charge >= 0.3 is 12.6 Å². The molecule has 2 aromatic rings. The van der Waals surface area contributed by atoms with Crippen molar-refractivity contribution in [2.24, 2.45) is 0 Å². The van der Waals surface area contributed by atoms with E-state index < -0.39 is 35.1 Å². The summed E-state index contributed by atoms with van der Waals surface area (Å²) in [7, 11) is -2.42. The summed E-state index contributed by atoms with van der Waals surface area (Å²) in [5.74, 6) is -1.67. The van der Waals surface area contributed by atoms with Crippen molar-refractivity contribution in [3.05, 3.63) is 54.1 Å². The zero-order valence-corrected chi connectivity index (χ0v) is 18.5. The third-order valence-electron chi connectivity index (χ3n) is 4.91. The summed E-state index contributed by atoms with van der Waals surface area (Å²) >= 11 is 0. The molecule has 0 N–H and O–H groups in total. The summed E-state index contributed by atoms with van der Waals surface area (Å²) in [6, 6.07) is 11.5. The Morgan fingerprint density at radius 3 is 2.27 bits per heavy atom. The van der Waals surface area contributed by atoms with Crippen LogP contribution in [-0.4, -0.2) is 76.0 Å². The summed E-state index contributed by atoms with van der Waals surface area (Å²) in [5.41, 5.74) is -0.0139. The maximum Gasteiger partial charge on any atom is 0.387 e. The van der Waals surface area contributed by atoms with Crippen molar-refractivity contribution in [1.82, 2.24) is 9.21 Å². The second-order valence-corrected chi connectivity index (χ2v) is 8.86. The standard InChI is InChI=1S/C21H22F2N2O7S/c1-30-18-13-15(7-8-17(18)32-21(22)23)20(27)31-14-19(26)24-9-11-25(12-10-24)33(28,29)16-5-3-2-4-6-16/h2-8,13,21H,9-12,14H2,1H3. The van der Waals surface area contributed by atoms with Crippen molar-refractivity contribution in [2.45, 2.75) is 11.5 Å². The molecule has 0 saturated carbocycles. The lowest BCUT2D eigenvalue weighted by Gasteiger charge is -2.33. The predicted molar refractivity (Wildman–Crippen MR) is 112 cm³/mol. The van der Waals surface area contributed by atoms with Crippen LogP contribution < -0.4 is 9.47 Å². The van der Waals surface area contributed by atoms with E-state index in [0.29, 0.717) is 0 Å². The molecule has 1 aliphatic heterocycles. The Hall–Kier alpha value is -3.25. The van der Waals surface area contributed by atoms with Crippen LogP contribution in [0.1, 0.15) is 10.4 Å². The number of halogens is 2. The number of piperazine rings is 1. The topological polar surface area (TPSA) is 102 Å². The van der Waals surface area contributed by atoms with Gasteiger partial charge in [-0.3, -0.25) is 4.79 Å². The van der Waals surface area contributed by atoms with E-state index in [1.54, 1.807) is 18.2 Å². The minimum absolute atomic E-state index is 0.0139. The smallest absolute Gasteiger partial charge is 0.387 e. The largest absolute Gasteiger partial charge is 0.493 e. The summed E-state index contributed by atoms with van der Waals surface area (Å²) in [5, 5.41) is 0. The summed E-state index contributed by atoms with van der Waals surface area (Å²) < 4.78 is 65.7. The average molecular weight is 484 g/mol. The number of carbonyl (C=O) groups is 2. The number of carbonyl (C=O) groups excluding carboxylic acids is 2. The molecule has 0 unspecified atom stereocenters. The number of alkyl halides is 2. The van der Waals surface area contributed by atoms with Crippen molar-refractivity contribution in [1.29, 1.82) is 0 Å². The van der Waals surface area contributed by atoms with Crippen LogP contribution in [0.4, 0.5) is 8.78 Å². The van der Waals surface area contributed by atoms with E-state index in [4.69, 9.17) is 9.47 Å². The Morgan fingerprint density at radius 2 is 1.67 bits per heavy atom. The van der Waals surface area contributed by atoms with Gasteiger partial charge in [0.05, 0.1) is 17.6 Å². The van der Waals surface area contributed by atoms with Crippen molar-refractivity contribution >= 4 is 21.9 Å². The number of esters is 1. The van der Waals surface area contributed by atoms with Crippen LogP contribution in [0, 0.1) is 0 Å². The molecule has 9 nitrogen and oxygen atoms in total. The van der Waals surface area contributed by atoms with Crippen molar-refractivity contribution in [3.63, 3.8) is 0 Å². The highest BCUT2D eigenvalue weighted by Crippen LogP contribution is 2.29. The van der Waals surface area contributed by atoms with Gasteiger partial charge in [0.2, 0.25) is 10.0 Å². The van der Waals surface area contributed by atoms with E-state index in [0.717, 1.165) is 12.1 Å². The van der Waals surface area contributed by atoms with E-state index in [1.807, 2.05) is 0 Å². The van der Waals surface area contributed by atoms with Gasteiger partial charge in [-0.05, 0) is 30.3 Å². The Labute approximate surface area is 189 Å². The molecule has 1 fully saturated rings. The van der Waals surface area contributed by atoms with Crippen LogP contribution in [0.25, 0.3) is 0 Å². The fourth-order valence-corrected chi connectivity index (χ4v) is 4.65. The van der Waals surface area contributed by atoms with Gasteiger partial charge in [-0.1, -0.05) is 18.2 Å². The van der Waals surface area contributed by atoms with Gasteiger partial charge in [0.15, 0.2) is 18.1 Å². The van der Waals surface area contributed by atoms with E-state index >= 15 is 0 Å². The highest BCUT2D eigenvalue weighted by Gasteiger charge is 2.30. The number of hydrogen-bond acceptors (Lipinski definition) is 7. The van der Waals surface area contributed by atoms with Crippen LogP contribution in [0.3, 0.4) is 0 Å². The summed E-state index contributed by atoms with van der Waals surface area (Å²) in [6.07, 6.45) is 0. The number of ether oxygens (including phenoxy) is 3. The van der Waals surface area contributed by atoms with Crippen molar-refractivity contribution < 1.29 is 41.0 Å². The first kappa shape index (κ1) is 24.4. The number of benzene rings is 2. The molecule has 1 amide bonds. The monoisotopic (exact) mass is 484 g/mol. The maximum atomic E-state index is 12.7. The van der Waals surface area contributed by atoms with Crippen molar-refractivity contribution in [2.75, 3.05) is 39.9 Å². The lowest BCUT2D eigenvalue weighted by atomic mass is 10.2. The number of rotatable bonds is 8. The average Bonchev–Trinajstić information content (AvgIpc) is 2.82. The zero-order valence-electron chi connectivity index (χ0n) is 17.6. The maximum absolute atomic E-state index is 12.7. The number of nitrogens with zero attached hydrogens (tertiary/aromatic N) is 2. The predicted octanol–water partition coefficient (Wildman–Crippen LogP) is 1.99. The molecule has 33 heavy (non-hydrogen) atoms. The number of hydrogen-bond donors (Lipinski definition) is 0. The molecule has 2 aromatic carbocycles. The highest BCUT2D eigenvalue weighted by atomic mass is 32.2. The van der Waals surface area contributed by atoms with Gasteiger partial charge in [0.1, 0.15) is 0 Å². The van der Waals surface area contributed by atoms with Gasteiger partial charge in [-0.15, -0.1) is 0 Å². The molecule has 1 saturated heterocycles. The first-order valence-corrected chi connectivity index (χ1v) is 11.3. The Balaban J connectivity index is 1.53. The molecule has 12 heteroatoms. The molecule has 0 spiro atoms. The second-order valence-electron chi connectivity index (χ2n) is 6.92. The molecular weight excluding hydrogens is 462 g/mol. The van der Waals surface area contributed by atoms with Crippen LogP contribution in [0.2, 0.25) is 0 Å². The van der Waals surface area contributed by atoms with Gasteiger partial charge in [0.25, 0.3) is 5.91 Å². The van der Waals surface area contributed by atoms with Crippen LogP contribution in [0.15, 0.2) is 53.4 Å². The SMILES string of the molecule is COc1cc(C(=O)OCC(=O)N2CCN(S(=O)(=O)c3ccccc3)CC2)ccc1OC(F)F. The van der Waals surface area contributed by atoms with Gasteiger partial charge < -0.3 is 19.1 Å². The molecule has 0 bridgehead atoms. The lowest BCUT2D eigenvalue weighted by Crippen LogP contribution is -2.51. The molecule has 0 aliphatic carbocycles. The van der Waals surface area contributed by atoms with E-state index in [2.05, 4.69) is 4.74 Å². The summed E-state index contributed by atoms with van der Waals surface area (Å²) in [6.45, 7) is -3.09. The number of sulfonamides is 1. The minimum Gasteiger partial charge on any atom is -0.493 e. The van der Waals surface area contributed by atoms with Gasteiger partial charge in [-0.2, -0.15) is 13.1 Å². The van der Waals surface area contributed by atoms with Crippen LogP contribution >= 0.6 is 0 Å². The Kier molecular flexibility index (Phi) is 7.82. The third-order valence-corrected chi connectivity index (χ3v) is 6.83. The minimum atomic E-state index is -3.65. The fraction of sp³-hybridized carbons (Fsp3) is 0.333. The Morgan fingerprint density at radius 1 is 1.00 bits per heavy atom. The number of amides is 1. The van der Waals surface area contributed by atoms with E-state index in [1.165, 1.54) is 34.5 Å². The highest BCUT2D eigenvalue weighted by molar-refractivity contribution is 7.89. The normalized spacial score (nSPS) is 14.7. The van der Waals surface area contributed by atoms with Crippen molar-refractivity contribution in [3.8, 4) is 11.5 Å². The molecule has 0 aromatic heterocycles. The zero-order chi connectivity index (χ0) is 24.0. The quantitative estimate of drug-likeness (QED) is 0.528. The summed E-state index contributed by atoms with van der Waals surface area (Å²) in [4.78, 5) is 26.2. The molecular formula is C21H22F2N2O7S. The fourth-order valence-electron chi connectivity index (χ4n) is 3.21. The van der Waals surface area contributed by atoms with Gasteiger partial charge in [0, 0.05) is 26.2 Å². The van der Waals surface area contributed by atoms with Crippen LogP contribution in [0.5, 0.6) is 11.5 Å². The molecule has 1 heterocycles. The molecule has 1 aliphatic rings. The van der Waals surface area contributed by atoms with E-state index in [-0.39, 0.29) is 48.1 Å². The van der Waals surface area contributed by atoms with E-state index in [9.17, 15) is 26.8 Å². The first-order chi connectivity index (χ1) is 15.7. The Bertz CT molecular complexity index is 1090. The molecule has 178 valence electrons. The van der Waals surface area contributed by atoms with Gasteiger partial charge in [-0.25, -0.2) is 13.2 Å². The molecule has 3 rings (SSSR count). The lowest BCUT2D eigenvalue weighted by molar-refractivity contribution is -0.135. The molecule has 0 atom stereocenters. The third kappa shape index (κ3) is 5.96. The first-order valence-electron chi connectivity index (χ1n) is 9.85. The number of methoxy groups -OCH3 is 1.